The average molecular weight is 351 g/mol. The lowest BCUT2D eigenvalue weighted by molar-refractivity contribution is -0.121. The molecule has 6 heteroatoms. The Morgan fingerprint density at radius 3 is 2.58 bits per heavy atom. The number of hydrogen-bond acceptors (Lipinski definition) is 4. The number of methoxy groups -OCH3 is 1. The zero-order valence-corrected chi connectivity index (χ0v) is 14.9. The molecule has 0 aliphatic heterocycles. The van der Waals surface area contributed by atoms with Crippen LogP contribution in [0.2, 0.25) is 0 Å². The summed E-state index contributed by atoms with van der Waals surface area (Å²) in [6, 6.07) is 12.8. The highest BCUT2D eigenvalue weighted by Gasteiger charge is 2.10. The minimum Gasteiger partial charge on any atom is -0.497 e. The Hall–Kier alpha value is -3.15. The number of hydrogen-bond donors (Lipinski definition) is 1. The first-order chi connectivity index (χ1) is 12.6. The van der Waals surface area contributed by atoms with Gasteiger partial charge in [-0.05, 0) is 43.3 Å². The van der Waals surface area contributed by atoms with E-state index in [2.05, 4.69) is 10.3 Å². The van der Waals surface area contributed by atoms with Crippen molar-refractivity contribution in [2.45, 2.75) is 26.3 Å². The van der Waals surface area contributed by atoms with Crippen molar-refractivity contribution in [3.05, 3.63) is 65.6 Å². The van der Waals surface area contributed by atoms with Gasteiger partial charge >= 0.3 is 0 Å². The molecule has 0 saturated heterocycles. The summed E-state index contributed by atoms with van der Waals surface area (Å²) in [4.78, 5) is 28.6. The molecular formula is C20H21N3O3. The Morgan fingerprint density at radius 2 is 1.88 bits per heavy atom. The van der Waals surface area contributed by atoms with Crippen LogP contribution in [0.4, 0.5) is 0 Å². The van der Waals surface area contributed by atoms with Crippen LogP contribution in [0.25, 0.3) is 5.65 Å². The predicted octanol–water partition coefficient (Wildman–Crippen LogP) is 2.93. The number of nitrogens with zero attached hydrogens (tertiary/aromatic N) is 2. The van der Waals surface area contributed by atoms with Crippen molar-refractivity contribution in [2.24, 2.45) is 0 Å². The summed E-state index contributed by atoms with van der Waals surface area (Å²) < 4.78 is 7.05. The predicted molar refractivity (Wildman–Crippen MR) is 98.3 cm³/mol. The van der Waals surface area contributed by atoms with Gasteiger partial charge in [0, 0.05) is 30.3 Å². The molecule has 3 aromatic rings. The van der Waals surface area contributed by atoms with Gasteiger partial charge in [0.05, 0.1) is 19.3 Å². The Bertz CT molecular complexity index is 929. The third-order valence-electron chi connectivity index (χ3n) is 4.20. The first-order valence-corrected chi connectivity index (χ1v) is 8.44. The average Bonchev–Trinajstić information content (AvgIpc) is 3.09. The van der Waals surface area contributed by atoms with Crippen molar-refractivity contribution in [3.8, 4) is 5.75 Å². The van der Waals surface area contributed by atoms with E-state index in [0.717, 1.165) is 17.0 Å². The number of aryl methyl sites for hydroxylation is 1. The molecule has 0 spiro atoms. The normalized spacial score (nSPS) is 10.7. The van der Waals surface area contributed by atoms with Crippen LogP contribution in [-0.4, -0.2) is 28.2 Å². The molecule has 0 bridgehead atoms. The minimum atomic E-state index is -0.166. The topological polar surface area (TPSA) is 72.7 Å². The maximum atomic E-state index is 12.1. The van der Waals surface area contributed by atoms with Gasteiger partial charge in [-0.25, -0.2) is 4.98 Å². The van der Waals surface area contributed by atoms with E-state index in [1.54, 1.807) is 31.4 Å². The summed E-state index contributed by atoms with van der Waals surface area (Å²) in [6.07, 6.45) is 2.23. The summed E-state index contributed by atoms with van der Waals surface area (Å²) in [5, 5.41) is 2.82. The highest BCUT2D eigenvalue weighted by Crippen LogP contribution is 2.13. The van der Waals surface area contributed by atoms with Crippen molar-refractivity contribution in [3.63, 3.8) is 0 Å². The minimum absolute atomic E-state index is 0.0637. The van der Waals surface area contributed by atoms with Gasteiger partial charge in [-0.2, -0.15) is 0 Å². The number of ketones is 1. The van der Waals surface area contributed by atoms with Crippen LogP contribution in [0.1, 0.15) is 34.6 Å². The number of ether oxygens (including phenoxy) is 1. The molecule has 1 aromatic carbocycles. The molecule has 3 rings (SSSR count). The van der Waals surface area contributed by atoms with Gasteiger partial charge in [0.2, 0.25) is 5.91 Å². The molecule has 0 fully saturated rings. The van der Waals surface area contributed by atoms with Crippen molar-refractivity contribution in [1.82, 2.24) is 14.7 Å². The van der Waals surface area contributed by atoms with Crippen molar-refractivity contribution < 1.29 is 14.3 Å². The van der Waals surface area contributed by atoms with Crippen LogP contribution in [0.5, 0.6) is 5.75 Å². The van der Waals surface area contributed by atoms with Crippen molar-refractivity contribution in [2.75, 3.05) is 7.11 Å². The van der Waals surface area contributed by atoms with Crippen LogP contribution in [0.15, 0.2) is 48.7 Å². The first-order valence-electron chi connectivity index (χ1n) is 8.44. The Balaban J connectivity index is 1.50. The third kappa shape index (κ3) is 4.08. The lowest BCUT2D eigenvalue weighted by Gasteiger charge is -2.04. The number of fused-ring (bicyclic) bond motifs is 1. The molecule has 0 aliphatic carbocycles. The molecule has 0 unspecified atom stereocenters. The number of imidazole rings is 1. The van der Waals surface area contributed by atoms with Crippen LogP contribution in [0.3, 0.4) is 0 Å². The number of Topliss-reactive ketones (excluding diaryl/α,β-unsaturated/α-hetero) is 1. The largest absolute Gasteiger partial charge is 0.497 e. The van der Waals surface area contributed by atoms with Gasteiger partial charge < -0.3 is 14.5 Å². The van der Waals surface area contributed by atoms with E-state index in [1.165, 1.54) is 0 Å². The van der Waals surface area contributed by atoms with Crippen LogP contribution >= 0.6 is 0 Å². The maximum Gasteiger partial charge on any atom is 0.220 e. The standard InChI is InChI=1S/C20H21N3O3/c1-14-4-3-5-19-22-16(13-23(14)19)12-21-20(25)11-10-18(24)15-6-8-17(26-2)9-7-15/h3-9,13H,10-12H2,1-2H3,(H,21,25). The number of benzene rings is 1. The van der Waals surface area contributed by atoms with E-state index in [-0.39, 0.29) is 24.5 Å². The Kier molecular flexibility index (Phi) is 5.31. The lowest BCUT2D eigenvalue weighted by Crippen LogP contribution is -2.23. The first kappa shape index (κ1) is 17.7. The van der Waals surface area contributed by atoms with E-state index in [1.807, 2.05) is 35.7 Å². The lowest BCUT2D eigenvalue weighted by atomic mass is 10.1. The van der Waals surface area contributed by atoms with Gasteiger partial charge in [0.1, 0.15) is 11.4 Å². The number of carbonyl (C=O) groups is 2. The van der Waals surface area contributed by atoms with Crippen molar-refractivity contribution >= 4 is 17.3 Å². The Labute approximate surface area is 151 Å². The molecule has 26 heavy (non-hydrogen) atoms. The number of amides is 1. The monoisotopic (exact) mass is 351 g/mol. The highest BCUT2D eigenvalue weighted by atomic mass is 16.5. The summed E-state index contributed by atoms with van der Waals surface area (Å²) in [5.74, 6) is 0.466. The molecule has 1 N–H and O–H groups in total. The van der Waals surface area contributed by atoms with Gasteiger partial charge in [-0.1, -0.05) is 6.07 Å². The SMILES string of the molecule is COc1ccc(C(=O)CCC(=O)NCc2cn3c(C)cccc3n2)cc1. The van der Waals surface area contributed by atoms with Gasteiger partial charge in [-0.15, -0.1) is 0 Å². The second-order valence-electron chi connectivity index (χ2n) is 6.06. The number of aromatic nitrogens is 2. The number of pyridine rings is 1. The summed E-state index contributed by atoms with van der Waals surface area (Å²) in [6.45, 7) is 2.35. The maximum absolute atomic E-state index is 12.1. The van der Waals surface area contributed by atoms with E-state index < -0.39 is 0 Å². The smallest absolute Gasteiger partial charge is 0.220 e. The fourth-order valence-electron chi connectivity index (χ4n) is 2.71. The van der Waals surface area contributed by atoms with E-state index in [0.29, 0.717) is 17.9 Å². The van der Waals surface area contributed by atoms with Crippen LogP contribution in [0, 0.1) is 6.92 Å². The fourth-order valence-corrected chi connectivity index (χ4v) is 2.71. The number of rotatable bonds is 7. The quantitative estimate of drug-likeness (QED) is 0.664. The van der Waals surface area contributed by atoms with Gasteiger partial charge in [-0.3, -0.25) is 9.59 Å². The molecule has 0 saturated carbocycles. The number of carbonyl (C=O) groups excluding carboxylic acids is 2. The second kappa shape index (κ2) is 7.82. The molecule has 1 amide bonds. The Morgan fingerprint density at radius 1 is 1.12 bits per heavy atom. The summed E-state index contributed by atoms with van der Waals surface area (Å²) >= 11 is 0. The molecule has 134 valence electrons. The fraction of sp³-hybridized carbons (Fsp3) is 0.250. The summed E-state index contributed by atoms with van der Waals surface area (Å²) in [5.41, 5.74) is 3.30. The van der Waals surface area contributed by atoms with Crippen molar-refractivity contribution in [1.29, 1.82) is 0 Å². The third-order valence-corrected chi connectivity index (χ3v) is 4.20. The van der Waals surface area contributed by atoms with E-state index in [9.17, 15) is 9.59 Å². The van der Waals surface area contributed by atoms with Crippen LogP contribution < -0.4 is 10.1 Å². The zero-order chi connectivity index (χ0) is 18.5. The second-order valence-corrected chi connectivity index (χ2v) is 6.06. The highest BCUT2D eigenvalue weighted by molar-refractivity contribution is 5.98. The summed E-state index contributed by atoms with van der Waals surface area (Å²) in [7, 11) is 1.57. The molecular weight excluding hydrogens is 330 g/mol. The molecule has 2 heterocycles. The zero-order valence-electron chi connectivity index (χ0n) is 14.9. The van der Waals surface area contributed by atoms with Gasteiger partial charge in [0.15, 0.2) is 5.78 Å². The van der Waals surface area contributed by atoms with Gasteiger partial charge in [0.25, 0.3) is 0 Å². The van der Waals surface area contributed by atoms with E-state index in [4.69, 9.17) is 4.74 Å². The molecule has 2 aromatic heterocycles. The molecule has 0 atom stereocenters. The number of nitrogens with one attached hydrogen (secondary N) is 1. The molecule has 0 radical (unpaired) electrons. The molecule has 6 nitrogen and oxygen atoms in total. The molecule has 0 aliphatic rings. The van der Waals surface area contributed by atoms with E-state index >= 15 is 0 Å². The van der Waals surface area contributed by atoms with Crippen LogP contribution in [-0.2, 0) is 11.3 Å².